The summed E-state index contributed by atoms with van der Waals surface area (Å²) in [6.07, 6.45) is 3.47. The number of rotatable bonds is 7. The summed E-state index contributed by atoms with van der Waals surface area (Å²) in [5, 5.41) is 11.5. The van der Waals surface area contributed by atoms with Gasteiger partial charge in [0.1, 0.15) is 11.4 Å². The molecular formula is C20H25N5O2. The van der Waals surface area contributed by atoms with E-state index in [1.165, 1.54) is 0 Å². The van der Waals surface area contributed by atoms with E-state index >= 15 is 0 Å². The minimum absolute atomic E-state index is 0.156. The molecule has 1 atom stereocenters. The van der Waals surface area contributed by atoms with E-state index < -0.39 is 0 Å². The summed E-state index contributed by atoms with van der Waals surface area (Å²) < 4.78 is 9.30. The van der Waals surface area contributed by atoms with Crippen molar-refractivity contribution in [3.8, 4) is 5.75 Å². The monoisotopic (exact) mass is 367 g/mol. The van der Waals surface area contributed by atoms with E-state index in [2.05, 4.69) is 15.5 Å². The Balaban J connectivity index is 1.61. The van der Waals surface area contributed by atoms with Crippen LogP contribution in [-0.4, -0.2) is 25.5 Å². The molecule has 0 fully saturated rings. The Bertz CT molecular complexity index is 928. The van der Waals surface area contributed by atoms with E-state index in [4.69, 9.17) is 4.74 Å². The maximum atomic E-state index is 12.5. The predicted molar refractivity (Wildman–Crippen MR) is 103 cm³/mol. The molecule has 3 rings (SSSR count). The van der Waals surface area contributed by atoms with Gasteiger partial charge in [0.25, 0.3) is 5.91 Å². The van der Waals surface area contributed by atoms with Gasteiger partial charge < -0.3 is 10.1 Å². The molecule has 3 aromatic rings. The Kier molecular flexibility index (Phi) is 5.59. The fourth-order valence-electron chi connectivity index (χ4n) is 2.87. The van der Waals surface area contributed by atoms with Crippen LogP contribution in [0.4, 0.5) is 0 Å². The van der Waals surface area contributed by atoms with Crippen LogP contribution in [0.2, 0.25) is 0 Å². The molecule has 2 heterocycles. The maximum absolute atomic E-state index is 12.5. The van der Waals surface area contributed by atoms with E-state index in [1.54, 1.807) is 23.1 Å². The van der Waals surface area contributed by atoms with Crippen molar-refractivity contribution in [1.29, 1.82) is 0 Å². The first-order valence-electron chi connectivity index (χ1n) is 9.04. The van der Waals surface area contributed by atoms with E-state index in [-0.39, 0.29) is 18.7 Å². The molecule has 0 aliphatic rings. The molecule has 1 unspecified atom stereocenters. The lowest BCUT2D eigenvalue weighted by molar-refractivity contribution is 0.0931. The fourth-order valence-corrected chi connectivity index (χ4v) is 2.87. The van der Waals surface area contributed by atoms with Crippen LogP contribution in [0.25, 0.3) is 0 Å². The number of aromatic nitrogens is 4. The average molecular weight is 367 g/mol. The first-order chi connectivity index (χ1) is 13.0. The standard InChI is InChI=1S/C20H25N5O2/c1-5-25-18(8-10-21-25)16(4)22-20(26)17-9-11-24(23-17)13-27-19-12-14(2)6-7-15(19)3/h6-12,16H,5,13H2,1-4H3,(H,22,26). The SMILES string of the molecule is CCn1nccc1C(C)NC(=O)c1ccn(COc2cc(C)ccc2C)n1. The molecule has 2 aromatic heterocycles. The number of benzene rings is 1. The highest BCUT2D eigenvalue weighted by Crippen LogP contribution is 2.19. The number of nitrogens with zero attached hydrogens (tertiary/aromatic N) is 4. The second-order valence-corrected chi connectivity index (χ2v) is 6.55. The van der Waals surface area contributed by atoms with Crippen molar-refractivity contribution in [3.05, 3.63) is 65.2 Å². The molecular weight excluding hydrogens is 342 g/mol. The zero-order valence-corrected chi connectivity index (χ0v) is 16.1. The van der Waals surface area contributed by atoms with E-state index in [0.717, 1.165) is 29.1 Å². The van der Waals surface area contributed by atoms with Gasteiger partial charge >= 0.3 is 0 Å². The van der Waals surface area contributed by atoms with Crippen LogP contribution in [0.15, 0.2) is 42.7 Å². The number of nitrogens with one attached hydrogen (secondary N) is 1. The van der Waals surface area contributed by atoms with Crippen molar-refractivity contribution in [2.75, 3.05) is 0 Å². The lowest BCUT2D eigenvalue weighted by Gasteiger charge is -2.14. The van der Waals surface area contributed by atoms with Gasteiger partial charge in [-0.25, -0.2) is 4.68 Å². The van der Waals surface area contributed by atoms with Gasteiger partial charge in [-0.15, -0.1) is 0 Å². The third-order valence-electron chi connectivity index (χ3n) is 4.41. The quantitative estimate of drug-likeness (QED) is 0.696. The van der Waals surface area contributed by atoms with Crippen LogP contribution in [-0.2, 0) is 13.3 Å². The van der Waals surface area contributed by atoms with Gasteiger partial charge in [-0.1, -0.05) is 12.1 Å². The third kappa shape index (κ3) is 4.36. The lowest BCUT2D eigenvalue weighted by atomic mass is 10.1. The molecule has 0 saturated carbocycles. The first kappa shape index (κ1) is 18.7. The second-order valence-electron chi connectivity index (χ2n) is 6.55. The van der Waals surface area contributed by atoms with E-state index in [0.29, 0.717) is 5.69 Å². The molecule has 7 heteroatoms. The summed E-state index contributed by atoms with van der Waals surface area (Å²) >= 11 is 0. The highest BCUT2D eigenvalue weighted by Gasteiger charge is 2.16. The molecule has 1 amide bonds. The van der Waals surface area contributed by atoms with Crippen LogP contribution in [0.1, 0.15) is 47.2 Å². The number of ether oxygens (including phenoxy) is 1. The zero-order valence-electron chi connectivity index (χ0n) is 16.1. The summed E-state index contributed by atoms with van der Waals surface area (Å²) in [4.78, 5) is 12.5. The molecule has 0 saturated heterocycles. The van der Waals surface area contributed by atoms with Crippen molar-refractivity contribution in [1.82, 2.24) is 24.9 Å². The van der Waals surface area contributed by atoms with Crippen LogP contribution in [0, 0.1) is 13.8 Å². The van der Waals surface area contributed by atoms with Gasteiger partial charge in [-0.2, -0.15) is 10.2 Å². The zero-order chi connectivity index (χ0) is 19.4. The smallest absolute Gasteiger partial charge is 0.272 e. The van der Waals surface area contributed by atoms with Crippen molar-refractivity contribution < 1.29 is 9.53 Å². The Morgan fingerprint density at radius 3 is 2.85 bits per heavy atom. The van der Waals surface area contributed by atoms with Gasteiger partial charge in [-0.05, 0) is 57.0 Å². The molecule has 0 aliphatic heterocycles. The predicted octanol–water partition coefficient (Wildman–Crippen LogP) is 3.24. The third-order valence-corrected chi connectivity index (χ3v) is 4.41. The largest absolute Gasteiger partial charge is 0.471 e. The average Bonchev–Trinajstić information content (AvgIpc) is 3.31. The maximum Gasteiger partial charge on any atom is 0.272 e. The summed E-state index contributed by atoms with van der Waals surface area (Å²) in [6, 6.07) is 9.50. The van der Waals surface area contributed by atoms with Gasteiger partial charge in [0.2, 0.25) is 0 Å². The molecule has 27 heavy (non-hydrogen) atoms. The van der Waals surface area contributed by atoms with Gasteiger partial charge in [0.15, 0.2) is 6.73 Å². The molecule has 0 radical (unpaired) electrons. The summed E-state index contributed by atoms with van der Waals surface area (Å²) in [5.41, 5.74) is 3.51. The highest BCUT2D eigenvalue weighted by atomic mass is 16.5. The molecule has 7 nitrogen and oxygen atoms in total. The van der Waals surface area contributed by atoms with Crippen molar-refractivity contribution in [2.45, 2.75) is 47.0 Å². The molecule has 0 aliphatic carbocycles. The molecule has 0 bridgehead atoms. The van der Waals surface area contributed by atoms with Crippen LogP contribution >= 0.6 is 0 Å². The number of aryl methyl sites for hydroxylation is 3. The lowest BCUT2D eigenvalue weighted by Crippen LogP contribution is -2.28. The Morgan fingerprint density at radius 2 is 2.07 bits per heavy atom. The molecule has 1 N–H and O–H groups in total. The Morgan fingerprint density at radius 1 is 1.26 bits per heavy atom. The van der Waals surface area contributed by atoms with Crippen molar-refractivity contribution in [2.24, 2.45) is 0 Å². The van der Waals surface area contributed by atoms with Gasteiger partial charge in [-0.3, -0.25) is 9.48 Å². The van der Waals surface area contributed by atoms with E-state index in [9.17, 15) is 4.79 Å². The highest BCUT2D eigenvalue weighted by molar-refractivity contribution is 5.92. The number of carbonyl (C=O) groups excluding carboxylic acids is 1. The number of hydrogen-bond acceptors (Lipinski definition) is 4. The Labute approximate surface area is 159 Å². The number of amides is 1. The minimum atomic E-state index is -0.225. The van der Waals surface area contributed by atoms with Crippen molar-refractivity contribution >= 4 is 5.91 Å². The van der Waals surface area contributed by atoms with Crippen molar-refractivity contribution in [3.63, 3.8) is 0 Å². The van der Waals surface area contributed by atoms with Crippen LogP contribution < -0.4 is 10.1 Å². The Hall–Kier alpha value is -3.09. The fraction of sp³-hybridized carbons (Fsp3) is 0.350. The van der Waals surface area contributed by atoms with Gasteiger partial charge in [0, 0.05) is 18.9 Å². The van der Waals surface area contributed by atoms with Crippen LogP contribution in [0.5, 0.6) is 5.75 Å². The number of carbonyl (C=O) groups is 1. The van der Waals surface area contributed by atoms with Crippen LogP contribution in [0.3, 0.4) is 0 Å². The molecule has 0 spiro atoms. The first-order valence-corrected chi connectivity index (χ1v) is 9.04. The second kappa shape index (κ2) is 8.07. The topological polar surface area (TPSA) is 74.0 Å². The molecule has 1 aromatic carbocycles. The minimum Gasteiger partial charge on any atom is -0.471 e. The summed E-state index contributed by atoms with van der Waals surface area (Å²) in [5.74, 6) is 0.592. The molecule has 142 valence electrons. The summed E-state index contributed by atoms with van der Waals surface area (Å²) in [7, 11) is 0. The normalized spacial score (nSPS) is 12.0. The summed E-state index contributed by atoms with van der Waals surface area (Å²) in [6.45, 7) is 8.97. The number of hydrogen-bond donors (Lipinski definition) is 1. The van der Waals surface area contributed by atoms with E-state index in [1.807, 2.05) is 56.6 Å². The van der Waals surface area contributed by atoms with Gasteiger partial charge in [0.05, 0.1) is 11.7 Å².